The van der Waals surface area contributed by atoms with Gasteiger partial charge in [0.15, 0.2) is 0 Å². The highest BCUT2D eigenvalue weighted by molar-refractivity contribution is 5.30. The van der Waals surface area contributed by atoms with Crippen molar-refractivity contribution in [3.63, 3.8) is 0 Å². The van der Waals surface area contributed by atoms with Gasteiger partial charge in [0, 0.05) is 25.4 Å². The molecule has 1 N–H and O–H groups in total. The van der Waals surface area contributed by atoms with Crippen molar-refractivity contribution >= 4 is 5.82 Å². The van der Waals surface area contributed by atoms with E-state index in [0.717, 1.165) is 36.8 Å². The predicted molar refractivity (Wildman–Crippen MR) is 66.9 cm³/mol. The Labute approximate surface area is 101 Å². The molecule has 5 nitrogen and oxygen atoms in total. The molecule has 0 bridgehead atoms. The summed E-state index contributed by atoms with van der Waals surface area (Å²) in [5.41, 5.74) is 0.944. The van der Waals surface area contributed by atoms with Crippen LogP contribution in [0.4, 0.5) is 5.82 Å². The molecule has 5 heteroatoms. The number of anilines is 1. The van der Waals surface area contributed by atoms with E-state index in [9.17, 15) is 0 Å². The third kappa shape index (κ3) is 2.81. The van der Waals surface area contributed by atoms with Crippen molar-refractivity contribution in [2.45, 2.75) is 26.8 Å². The summed E-state index contributed by atoms with van der Waals surface area (Å²) in [6.45, 7) is 5.71. The molecule has 2 aromatic heterocycles. The Morgan fingerprint density at radius 2 is 2.06 bits per heavy atom. The number of aromatic nitrogens is 4. The van der Waals surface area contributed by atoms with Gasteiger partial charge in [0.25, 0.3) is 0 Å². The third-order valence-electron chi connectivity index (χ3n) is 2.51. The Balaban J connectivity index is 2.08. The van der Waals surface area contributed by atoms with Gasteiger partial charge >= 0.3 is 0 Å². The average Bonchev–Trinajstić information content (AvgIpc) is 2.79. The Bertz CT molecular complexity index is 460. The Kier molecular flexibility index (Phi) is 3.69. The molecule has 0 saturated heterocycles. The summed E-state index contributed by atoms with van der Waals surface area (Å²) in [4.78, 5) is 13.0. The van der Waals surface area contributed by atoms with Crippen molar-refractivity contribution in [2.75, 3.05) is 11.9 Å². The third-order valence-corrected chi connectivity index (χ3v) is 2.51. The van der Waals surface area contributed by atoms with Crippen LogP contribution in [0, 0.1) is 0 Å². The minimum atomic E-state index is 0.725. The van der Waals surface area contributed by atoms with Crippen LogP contribution in [0.15, 0.2) is 24.8 Å². The number of hydrogen-bond acceptors (Lipinski definition) is 4. The molecule has 0 radical (unpaired) electrons. The normalized spacial score (nSPS) is 10.5. The quantitative estimate of drug-likeness (QED) is 0.851. The van der Waals surface area contributed by atoms with Gasteiger partial charge in [-0.05, 0) is 6.92 Å². The minimum absolute atomic E-state index is 0.725. The first-order valence-electron chi connectivity index (χ1n) is 5.88. The molecule has 2 heterocycles. The Morgan fingerprint density at radius 1 is 1.18 bits per heavy atom. The van der Waals surface area contributed by atoms with Crippen LogP contribution in [0.25, 0.3) is 0 Å². The van der Waals surface area contributed by atoms with Crippen molar-refractivity contribution < 1.29 is 0 Å². The van der Waals surface area contributed by atoms with Gasteiger partial charge in [-0.25, -0.2) is 9.97 Å². The molecule has 17 heavy (non-hydrogen) atoms. The van der Waals surface area contributed by atoms with Crippen molar-refractivity contribution in [3.8, 4) is 0 Å². The molecule has 2 aromatic rings. The monoisotopic (exact) mass is 231 g/mol. The lowest BCUT2D eigenvalue weighted by Gasteiger charge is -2.06. The molecular formula is C12H17N5. The molecule has 0 amide bonds. The maximum Gasteiger partial charge on any atom is 0.144 e. The second kappa shape index (κ2) is 5.43. The summed E-state index contributed by atoms with van der Waals surface area (Å²) in [7, 11) is 0. The number of nitrogens with zero attached hydrogens (tertiary/aromatic N) is 4. The summed E-state index contributed by atoms with van der Waals surface area (Å²) in [6.07, 6.45) is 8.28. The molecule has 0 unspecified atom stereocenters. The molecule has 0 saturated carbocycles. The van der Waals surface area contributed by atoms with Crippen molar-refractivity contribution in [2.24, 2.45) is 0 Å². The fraction of sp³-hybridized carbons (Fsp3) is 0.417. The van der Waals surface area contributed by atoms with Crippen molar-refractivity contribution in [1.29, 1.82) is 0 Å². The molecule has 0 spiro atoms. The highest BCUT2D eigenvalue weighted by Gasteiger charge is 2.02. The molecule has 90 valence electrons. The Morgan fingerprint density at radius 3 is 2.71 bits per heavy atom. The fourth-order valence-corrected chi connectivity index (χ4v) is 1.68. The number of rotatable bonds is 5. The first-order valence-corrected chi connectivity index (χ1v) is 5.88. The fourth-order valence-electron chi connectivity index (χ4n) is 1.68. The SMILES string of the molecule is CCNc1cnc(Cn2ccnc2CC)cn1. The minimum Gasteiger partial charge on any atom is -0.369 e. The largest absolute Gasteiger partial charge is 0.369 e. The predicted octanol–water partition coefficient (Wildman–Crippen LogP) is 1.72. The van der Waals surface area contributed by atoms with Crippen LogP contribution < -0.4 is 5.32 Å². The molecule has 0 fully saturated rings. The van der Waals surface area contributed by atoms with E-state index in [2.05, 4.69) is 31.8 Å². The maximum absolute atomic E-state index is 4.37. The van der Waals surface area contributed by atoms with Crippen LogP contribution in [0.3, 0.4) is 0 Å². The van der Waals surface area contributed by atoms with Gasteiger partial charge in [-0.1, -0.05) is 6.92 Å². The van der Waals surface area contributed by atoms with Gasteiger partial charge in [0.1, 0.15) is 11.6 Å². The molecular weight excluding hydrogens is 214 g/mol. The van der Waals surface area contributed by atoms with Crippen molar-refractivity contribution in [3.05, 3.63) is 36.3 Å². The van der Waals surface area contributed by atoms with Gasteiger partial charge in [0.05, 0.1) is 24.6 Å². The lowest BCUT2D eigenvalue weighted by Crippen LogP contribution is -2.06. The van der Waals surface area contributed by atoms with Gasteiger partial charge in [-0.15, -0.1) is 0 Å². The highest BCUT2D eigenvalue weighted by Crippen LogP contribution is 2.05. The first kappa shape index (κ1) is 11.6. The summed E-state index contributed by atoms with van der Waals surface area (Å²) in [5, 5.41) is 3.12. The number of nitrogens with one attached hydrogen (secondary N) is 1. The number of hydrogen-bond donors (Lipinski definition) is 1. The summed E-state index contributed by atoms with van der Waals surface area (Å²) < 4.78 is 2.09. The van der Waals surface area contributed by atoms with Gasteiger partial charge < -0.3 is 9.88 Å². The first-order chi connectivity index (χ1) is 8.33. The summed E-state index contributed by atoms with van der Waals surface area (Å²) in [5.74, 6) is 1.89. The van der Waals surface area contributed by atoms with E-state index < -0.39 is 0 Å². The lowest BCUT2D eigenvalue weighted by atomic mass is 10.4. The van der Waals surface area contributed by atoms with Crippen molar-refractivity contribution in [1.82, 2.24) is 19.5 Å². The van der Waals surface area contributed by atoms with E-state index in [0.29, 0.717) is 0 Å². The second-order valence-electron chi connectivity index (χ2n) is 3.75. The average molecular weight is 231 g/mol. The van der Waals surface area contributed by atoms with Crippen LogP contribution in [0.1, 0.15) is 25.4 Å². The number of aryl methyl sites for hydroxylation is 1. The molecule has 2 rings (SSSR count). The summed E-state index contributed by atoms with van der Waals surface area (Å²) in [6, 6.07) is 0. The van der Waals surface area contributed by atoms with Crippen LogP contribution in [-0.4, -0.2) is 26.1 Å². The zero-order valence-electron chi connectivity index (χ0n) is 10.2. The van der Waals surface area contributed by atoms with Crippen LogP contribution in [-0.2, 0) is 13.0 Å². The topological polar surface area (TPSA) is 55.6 Å². The van der Waals surface area contributed by atoms with E-state index in [1.807, 2.05) is 19.3 Å². The van der Waals surface area contributed by atoms with Crippen LogP contribution in [0.5, 0.6) is 0 Å². The van der Waals surface area contributed by atoms with Crippen LogP contribution in [0.2, 0.25) is 0 Å². The van der Waals surface area contributed by atoms with Crippen LogP contribution >= 0.6 is 0 Å². The second-order valence-corrected chi connectivity index (χ2v) is 3.75. The smallest absolute Gasteiger partial charge is 0.144 e. The van der Waals surface area contributed by atoms with Gasteiger partial charge in [-0.3, -0.25) is 4.98 Å². The van der Waals surface area contributed by atoms with E-state index in [4.69, 9.17) is 0 Å². The lowest BCUT2D eigenvalue weighted by molar-refractivity contribution is 0.713. The standard InChI is InChI=1S/C12H17N5/c1-3-12-14-5-6-17(12)9-10-7-16-11(8-15-10)13-4-2/h5-8H,3-4,9H2,1-2H3,(H,13,16). The number of imidazole rings is 1. The van der Waals surface area contributed by atoms with E-state index >= 15 is 0 Å². The molecule has 0 atom stereocenters. The molecule has 0 aliphatic carbocycles. The van der Waals surface area contributed by atoms with Gasteiger partial charge in [0.2, 0.25) is 0 Å². The molecule has 0 aliphatic rings. The maximum atomic E-state index is 4.37. The summed E-state index contributed by atoms with van der Waals surface area (Å²) >= 11 is 0. The zero-order chi connectivity index (χ0) is 12.1. The van der Waals surface area contributed by atoms with E-state index in [1.165, 1.54) is 0 Å². The highest BCUT2D eigenvalue weighted by atomic mass is 15.1. The zero-order valence-corrected chi connectivity index (χ0v) is 10.2. The molecule has 0 aromatic carbocycles. The molecule has 0 aliphatic heterocycles. The van der Waals surface area contributed by atoms with E-state index in [-0.39, 0.29) is 0 Å². The van der Waals surface area contributed by atoms with E-state index in [1.54, 1.807) is 12.4 Å². The van der Waals surface area contributed by atoms with Gasteiger partial charge in [-0.2, -0.15) is 0 Å². The Hall–Kier alpha value is -1.91.